The minimum absolute atomic E-state index is 0.724. The molecule has 9 rings (SSSR count). The van der Waals surface area contributed by atoms with E-state index in [-0.39, 0.29) is 0 Å². The molecule has 0 N–H and O–H groups in total. The lowest BCUT2D eigenvalue weighted by molar-refractivity contribution is 1.22. The van der Waals surface area contributed by atoms with Gasteiger partial charge in [-0.05, 0) is 101 Å². The van der Waals surface area contributed by atoms with Crippen molar-refractivity contribution in [1.82, 2.24) is 15.0 Å². The Morgan fingerprint density at radius 2 is 1.04 bits per heavy atom. The number of rotatable bonds is 8. The van der Waals surface area contributed by atoms with Gasteiger partial charge in [0.05, 0.1) is 16.9 Å². The highest BCUT2D eigenvalue weighted by molar-refractivity contribution is 5.94. The normalized spacial score (nSPS) is 11.1. The maximum absolute atomic E-state index is 5.12. The monoisotopic (exact) mass is 706 g/mol. The Bertz CT molecular complexity index is 2760. The van der Waals surface area contributed by atoms with E-state index in [2.05, 4.69) is 181 Å². The molecule has 2 heterocycles. The first-order valence-electron chi connectivity index (χ1n) is 18.6. The molecule has 0 saturated carbocycles. The highest BCUT2D eigenvalue weighted by Crippen LogP contribution is 2.43. The second-order valence-corrected chi connectivity index (χ2v) is 13.8. The molecule has 0 aliphatic heterocycles. The molecular formula is C51H38N4. The molecule has 0 bridgehead atoms. The zero-order valence-electron chi connectivity index (χ0n) is 30.8. The van der Waals surface area contributed by atoms with Gasteiger partial charge in [0.25, 0.3) is 0 Å². The summed E-state index contributed by atoms with van der Waals surface area (Å²) in [5.41, 5.74) is 16.5. The van der Waals surface area contributed by atoms with Crippen LogP contribution in [0.2, 0.25) is 0 Å². The van der Waals surface area contributed by atoms with E-state index >= 15 is 0 Å². The van der Waals surface area contributed by atoms with Gasteiger partial charge in [-0.25, -0.2) is 9.97 Å². The Morgan fingerprint density at radius 3 is 1.76 bits per heavy atom. The Balaban J connectivity index is 1.11. The van der Waals surface area contributed by atoms with Gasteiger partial charge in [-0.2, -0.15) is 0 Å². The van der Waals surface area contributed by atoms with Gasteiger partial charge >= 0.3 is 0 Å². The van der Waals surface area contributed by atoms with Crippen molar-refractivity contribution in [2.75, 3.05) is 4.90 Å². The molecule has 262 valence electrons. The molecule has 0 fully saturated rings. The molecule has 0 saturated heterocycles. The number of anilines is 3. The standard InChI is InChI=1S/C51H38N4/c1-35-32-40(51-53-48-21-11-9-20-47(48)50(54-51)39-16-7-4-8-17-39)25-29-44(35)45-30-28-43(33-36(45)2)55(42-26-23-37(24-27-42)41-18-13-31-52-34-41)49-22-12-10-19-46(49)38-14-5-3-6-15-38/h3-34H,1-2H3. The summed E-state index contributed by atoms with van der Waals surface area (Å²) in [6.07, 6.45) is 3.72. The minimum atomic E-state index is 0.724. The number of hydrogen-bond acceptors (Lipinski definition) is 4. The molecule has 0 spiro atoms. The summed E-state index contributed by atoms with van der Waals surface area (Å²) in [5, 5.41) is 1.05. The Morgan fingerprint density at radius 1 is 0.418 bits per heavy atom. The Hall–Kier alpha value is -7.17. The molecule has 55 heavy (non-hydrogen) atoms. The van der Waals surface area contributed by atoms with Crippen LogP contribution in [-0.4, -0.2) is 15.0 Å². The molecule has 4 heteroatoms. The number of aryl methyl sites for hydroxylation is 2. The van der Waals surface area contributed by atoms with E-state index in [0.717, 1.165) is 61.7 Å². The van der Waals surface area contributed by atoms with Crippen LogP contribution in [0.1, 0.15) is 11.1 Å². The molecule has 0 amide bonds. The summed E-state index contributed by atoms with van der Waals surface area (Å²) in [7, 11) is 0. The van der Waals surface area contributed by atoms with E-state index in [4.69, 9.17) is 9.97 Å². The SMILES string of the molecule is Cc1cc(-c2nc(-c3ccccc3)c3ccccc3n2)ccc1-c1ccc(N(c2ccc(-c3cccnc3)cc2)c2ccccc2-c2ccccc2)cc1C. The number of pyridine rings is 1. The van der Waals surface area contributed by atoms with Crippen molar-refractivity contribution in [1.29, 1.82) is 0 Å². The molecule has 0 unspecified atom stereocenters. The maximum Gasteiger partial charge on any atom is 0.160 e. The lowest BCUT2D eigenvalue weighted by Crippen LogP contribution is -2.11. The van der Waals surface area contributed by atoms with Gasteiger partial charge in [-0.3, -0.25) is 4.98 Å². The largest absolute Gasteiger partial charge is 0.310 e. The minimum Gasteiger partial charge on any atom is -0.310 e. The summed E-state index contributed by atoms with van der Waals surface area (Å²) in [6.45, 7) is 4.38. The van der Waals surface area contributed by atoms with Gasteiger partial charge in [0.1, 0.15) is 0 Å². The van der Waals surface area contributed by atoms with Gasteiger partial charge < -0.3 is 4.90 Å². The van der Waals surface area contributed by atoms with Gasteiger partial charge in [-0.15, -0.1) is 0 Å². The number of nitrogens with zero attached hydrogens (tertiary/aromatic N) is 4. The fraction of sp³-hybridized carbons (Fsp3) is 0.0392. The number of hydrogen-bond donors (Lipinski definition) is 0. The van der Waals surface area contributed by atoms with Crippen molar-refractivity contribution in [3.63, 3.8) is 0 Å². The quantitative estimate of drug-likeness (QED) is 0.158. The number of para-hydroxylation sites is 2. The van der Waals surface area contributed by atoms with Crippen molar-refractivity contribution < 1.29 is 0 Å². The van der Waals surface area contributed by atoms with Crippen LogP contribution in [-0.2, 0) is 0 Å². The first kappa shape index (κ1) is 33.7. The Kier molecular flexibility index (Phi) is 8.99. The summed E-state index contributed by atoms with van der Waals surface area (Å²) in [4.78, 5) is 16.8. The zero-order valence-corrected chi connectivity index (χ0v) is 30.8. The fourth-order valence-corrected chi connectivity index (χ4v) is 7.51. The van der Waals surface area contributed by atoms with Gasteiger partial charge in [-0.1, -0.05) is 133 Å². The van der Waals surface area contributed by atoms with Crippen LogP contribution in [0.15, 0.2) is 194 Å². The van der Waals surface area contributed by atoms with Gasteiger partial charge in [0, 0.05) is 45.8 Å². The van der Waals surface area contributed by atoms with Crippen molar-refractivity contribution in [3.05, 3.63) is 206 Å². The molecule has 0 atom stereocenters. The van der Waals surface area contributed by atoms with Crippen molar-refractivity contribution >= 4 is 28.0 Å². The third kappa shape index (κ3) is 6.67. The van der Waals surface area contributed by atoms with E-state index in [1.165, 1.54) is 33.4 Å². The molecule has 4 nitrogen and oxygen atoms in total. The molecule has 2 aromatic heterocycles. The first-order valence-corrected chi connectivity index (χ1v) is 18.6. The highest BCUT2D eigenvalue weighted by atomic mass is 15.1. The smallest absolute Gasteiger partial charge is 0.160 e. The van der Waals surface area contributed by atoms with Gasteiger partial charge in [0.15, 0.2) is 5.82 Å². The maximum atomic E-state index is 5.12. The van der Waals surface area contributed by atoms with E-state index in [9.17, 15) is 0 Å². The number of fused-ring (bicyclic) bond motifs is 1. The van der Waals surface area contributed by atoms with E-state index in [0.29, 0.717) is 0 Å². The van der Waals surface area contributed by atoms with Crippen LogP contribution in [0.5, 0.6) is 0 Å². The third-order valence-electron chi connectivity index (χ3n) is 10.2. The fourth-order valence-electron chi connectivity index (χ4n) is 7.51. The summed E-state index contributed by atoms with van der Waals surface area (Å²) in [5.74, 6) is 0.724. The first-order chi connectivity index (χ1) is 27.1. The molecule has 0 radical (unpaired) electrons. The van der Waals surface area contributed by atoms with Crippen LogP contribution in [0.25, 0.3) is 66.9 Å². The Labute approximate surface area is 322 Å². The van der Waals surface area contributed by atoms with Gasteiger partial charge in [0.2, 0.25) is 0 Å². The third-order valence-corrected chi connectivity index (χ3v) is 10.2. The lowest BCUT2D eigenvalue weighted by Gasteiger charge is -2.29. The molecular weight excluding hydrogens is 669 g/mol. The zero-order chi connectivity index (χ0) is 37.1. The lowest BCUT2D eigenvalue weighted by atomic mass is 9.94. The van der Waals surface area contributed by atoms with E-state index in [1.807, 2.05) is 36.7 Å². The molecule has 0 aliphatic carbocycles. The average molecular weight is 707 g/mol. The predicted octanol–water partition coefficient (Wildman–Crippen LogP) is 13.4. The van der Waals surface area contributed by atoms with Crippen molar-refractivity contribution in [3.8, 4) is 56.0 Å². The van der Waals surface area contributed by atoms with E-state index < -0.39 is 0 Å². The second kappa shape index (κ2) is 14.7. The van der Waals surface area contributed by atoms with Crippen LogP contribution in [0.4, 0.5) is 17.1 Å². The predicted molar refractivity (Wildman–Crippen MR) is 229 cm³/mol. The molecule has 7 aromatic carbocycles. The number of aromatic nitrogens is 3. The van der Waals surface area contributed by atoms with Crippen LogP contribution < -0.4 is 4.90 Å². The second-order valence-electron chi connectivity index (χ2n) is 13.8. The highest BCUT2D eigenvalue weighted by Gasteiger charge is 2.19. The van der Waals surface area contributed by atoms with Crippen LogP contribution in [0.3, 0.4) is 0 Å². The summed E-state index contributed by atoms with van der Waals surface area (Å²) >= 11 is 0. The summed E-state index contributed by atoms with van der Waals surface area (Å²) in [6, 6.07) is 64.1. The average Bonchev–Trinajstić information content (AvgIpc) is 3.25. The molecule has 0 aliphatic rings. The molecule has 9 aromatic rings. The van der Waals surface area contributed by atoms with Crippen molar-refractivity contribution in [2.45, 2.75) is 13.8 Å². The van der Waals surface area contributed by atoms with E-state index in [1.54, 1.807) is 0 Å². The number of benzene rings is 7. The van der Waals surface area contributed by atoms with Crippen molar-refractivity contribution in [2.24, 2.45) is 0 Å². The van der Waals surface area contributed by atoms with Crippen LogP contribution >= 0.6 is 0 Å². The summed E-state index contributed by atoms with van der Waals surface area (Å²) < 4.78 is 0. The van der Waals surface area contributed by atoms with Crippen LogP contribution in [0, 0.1) is 13.8 Å². The topological polar surface area (TPSA) is 41.9 Å².